The molecule has 4 N–H and O–H groups in total. The number of halogens is 3. The predicted molar refractivity (Wildman–Crippen MR) is 108 cm³/mol. The molecule has 0 aromatic heterocycles. The van der Waals surface area contributed by atoms with E-state index in [9.17, 15) is 8.78 Å². The second-order valence-corrected chi connectivity index (χ2v) is 7.48. The molecule has 3 rings (SSSR count). The minimum absolute atomic E-state index is 0.0504. The summed E-state index contributed by atoms with van der Waals surface area (Å²) in [7, 11) is 1.61. The van der Waals surface area contributed by atoms with Gasteiger partial charge in [0, 0.05) is 36.2 Å². The van der Waals surface area contributed by atoms with Crippen LogP contribution in [0.4, 0.5) is 14.5 Å². The van der Waals surface area contributed by atoms with Crippen molar-refractivity contribution in [2.24, 2.45) is 16.5 Å². The number of alkyl halides is 2. The molecule has 0 aliphatic carbocycles. The van der Waals surface area contributed by atoms with Crippen molar-refractivity contribution in [3.63, 3.8) is 0 Å². The minimum atomic E-state index is -3.04. The van der Waals surface area contributed by atoms with Gasteiger partial charge in [0.15, 0.2) is 5.75 Å². The molecule has 0 fully saturated rings. The number of methoxy groups -OCH3 is 1. The molecule has 0 spiro atoms. The highest BCUT2D eigenvalue weighted by atomic mass is 35.5. The third kappa shape index (κ3) is 4.30. The number of benzene rings is 1. The van der Waals surface area contributed by atoms with E-state index in [1.54, 1.807) is 30.5 Å². The molecule has 7 nitrogen and oxygen atoms in total. The molecule has 0 amide bonds. The van der Waals surface area contributed by atoms with Crippen LogP contribution in [0.5, 0.6) is 5.75 Å². The summed E-state index contributed by atoms with van der Waals surface area (Å²) in [6.07, 6.45) is 5.18. The summed E-state index contributed by atoms with van der Waals surface area (Å²) in [6, 6.07) is 4.35. The Morgan fingerprint density at radius 3 is 2.66 bits per heavy atom. The van der Waals surface area contributed by atoms with E-state index in [0.717, 1.165) is 0 Å². The standard InChI is InChI=1S/C19H22ClF2N5O2/c1-19(2,28-3)10-26-7-6-11-9-25-18(24)27(15(11)16(26)23)13-5-4-12(20)8-14(13)29-17(21)22/h4-9,17H,10,23H2,1-3H3,(H2,24,25). The summed E-state index contributed by atoms with van der Waals surface area (Å²) in [4.78, 5) is 7.43. The number of ether oxygens (including phenoxy) is 2. The maximum absolute atomic E-state index is 13.0. The number of aliphatic imine (C=N–C) groups is 1. The largest absolute Gasteiger partial charge is 0.433 e. The number of rotatable bonds is 6. The van der Waals surface area contributed by atoms with Gasteiger partial charge in [-0.1, -0.05) is 11.6 Å². The van der Waals surface area contributed by atoms with Gasteiger partial charge >= 0.3 is 6.61 Å². The summed E-state index contributed by atoms with van der Waals surface area (Å²) in [5.41, 5.74) is 13.5. The van der Waals surface area contributed by atoms with Crippen molar-refractivity contribution in [2.75, 3.05) is 18.6 Å². The van der Waals surface area contributed by atoms with Crippen molar-refractivity contribution >= 4 is 23.2 Å². The molecular formula is C19H22ClF2N5O2. The third-order valence-corrected chi connectivity index (χ3v) is 4.77. The van der Waals surface area contributed by atoms with Crippen LogP contribution in [-0.2, 0) is 4.74 Å². The first kappa shape index (κ1) is 20.9. The zero-order valence-electron chi connectivity index (χ0n) is 16.2. The van der Waals surface area contributed by atoms with Gasteiger partial charge in [-0.15, -0.1) is 0 Å². The monoisotopic (exact) mass is 425 g/mol. The Morgan fingerprint density at radius 1 is 1.28 bits per heavy atom. The molecule has 0 bridgehead atoms. The number of nitrogens with two attached hydrogens (primary N) is 2. The lowest BCUT2D eigenvalue weighted by Gasteiger charge is -2.38. The Hall–Kier alpha value is -2.78. The van der Waals surface area contributed by atoms with E-state index in [-0.39, 0.29) is 22.4 Å². The van der Waals surface area contributed by atoms with Crippen molar-refractivity contribution in [1.82, 2.24) is 4.90 Å². The topological polar surface area (TPSA) is 89.3 Å². The Morgan fingerprint density at radius 2 is 2.00 bits per heavy atom. The van der Waals surface area contributed by atoms with Crippen molar-refractivity contribution in [3.05, 3.63) is 58.8 Å². The molecule has 0 unspecified atom stereocenters. The van der Waals surface area contributed by atoms with E-state index < -0.39 is 12.2 Å². The van der Waals surface area contributed by atoms with Gasteiger partial charge in [-0.05, 0) is 32.1 Å². The fourth-order valence-electron chi connectivity index (χ4n) is 2.99. The molecule has 1 aromatic carbocycles. The molecule has 1 aromatic rings. The second kappa shape index (κ2) is 7.92. The average molecular weight is 426 g/mol. The summed E-state index contributed by atoms with van der Waals surface area (Å²) in [5, 5.41) is 0.238. The van der Waals surface area contributed by atoms with E-state index in [4.69, 9.17) is 27.8 Å². The van der Waals surface area contributed by atoms with Crippen molar-refractivity contribution in [1.29, 1.82) is 0 Å². The van der Waals surface area contributed by atoms with Gasteiger partial charge in [0.2, 0.25) is 5.96 Å². The Kier molecular flexibility index (Phi) is 5.72. The number of hydrogen-bond acceptors (Lipinski definition) is 7. The molecule has 156 valence electrons. The molecule has 2 aliphatic rings. The van der Waals surface area contributed by atoms with Gasteiger partial charge in [-0.3, -0.25) is 4.90 Å². The van der Waals surface area contributed by atoms with Gasteiger partial charge < -0.3 is 25.8 Å². The van der Waals surface area contributed by atoms with E-state index in [1.165, 1.54) is 17.0 Å². The van der Waals surface area contributed by atoms with E-state index in [0.29, 0.717) is 23.6 Å². The molecule has 0 radical (unpaired) electrons. The van der Waals surface area contributed by atoms with Crippen molar-refractivity contribution < 1.29 is 18.3 Å². The van der Waals surface area contributed by atoms with Crippen LogP contribution in [0.3, 0.4) is 0 Å². The fourth-order valence-corrected chi connectivity index (χ4v) is 3.15. The molecule has 2 aliphatic heterocycles. The molecule has 10 heteroatoms. The summed E-state index contributed by atoms with van der Waals surface area (Å²) < 4.78 is 36.1. The van der Waals surface area contributed by atoms with Crippen LogP contribution in [0.1, 0.15) is 13.8 Å². The van der Waals surface area contributed by atoms with Crippen LogP contribution in [0, 0.1) is 0 Å². The molecular weight excluding hydrogens is 404 g/mol. The summed E-state index contributed by atoms with van der Waals surface area (Å²) in [6.45, 7) is 1.26. The summed E-state index contributed by atoms with van der Waals surface area (Å²) >= 11 is 5.97. The first-order valence-corrected chi connectivity index (χ1v) is 9.09. The van der Waals surface area contributed by atoms with Crippen LogP contribution < -0.4 is 21.1 Å². The van der Waals surface area contributed by atoms with E-state index >= 15 is 0 Å². The first-order valence-electron chi connectivity index (χ1n) is 8.71. The second-order valence-electron chi connectivity index (χ2n) is 7.04. The van der Waals surface area contributed by atoms with Gasteiger partial charge in [-0.2, -0.15) is 8.78 Å². The van der Waals surface area contributed by atoms with Gasteiger partial charge in [-0.25, -0.2) is 4.99 Å². The quantitative estimate of drug-likeness (QED) is 0.726. The molecule has 0 atom stereocenters. The van der Waals surface area contributed by atoms with E-state index in [1.807, 2.05) is 19.9 Å². The molecule has 0 saturated heterocycles. The number of nitrogens with zero attached hydrogens (tertiary/aromatic N) is 3. The zero-order chi connectivity index (χ0) is 21.3. The van der Waals surface area contributed by atoms with Crippen LogP contribution >= 0.6 is 11.6 Å². The average Bonchev–Trinajstić information content (AvgIpc) is 2.64. The van der Waals surface area contributed by atoms with Crippen LogP contribution in [0.2, 0.25) is 5.02 Å². The fraction of sp³-hybridized carbons (Fsp3) is 0.316. The predicted octanol–water partition coefficient (Wildman–Crippen LogP) is 3.34. The van der Waals surface area contributed by atoms with Gasteiger partial charge in [0.1, 0.15) is 5.82 Å². The SMILES string of the molecule is COC(C)(C)CN1C=CC2=CN=C(N)N(c3ccc(Cl)cc3OC(F)F)C2=C1N. The highest BCUT2D eigenvalue weighted by Gasteiger charge is 2.32. The highest BCUT2D eigenvalue weighted by molar-refractivity contribution is 6.30. The Labute approximate surface area is 172 Å². The van der Waals surface area contributed by atoms with Crippen LogP contribution in [0.15, 0.2) is 58.8 Å². The lowest BCUT2D eigenvalue weighted by atomic mass is 10.0. The Bertz CT molecular complexity index is 927. The Balaban J connectivity index is 2.10. The number of guanidine groups is 1. The number of anilines is 1. The van der Waals surface area contributed by atoms with Crippen LogP contribution in [-0.4, -0.2) is 36.7 Å². The lowest BCUT2D eigenvalue weighted by molar-refractivity contribution is -0.0494. The smallest absolute Gasteiger partial charge is 0.387 e. The van der Waals surface area contributed by atoms with Gasteiger partial charge in [0.25, 0.3) is 0 Å². The molecule has 29 heavy (non-hydrogen) atoms. The first-order chi connectivity index (χ1) is 13.6. The highest BCUT2D eigenvalue weighted by Crippen LogP contribution is 2.39. The number of fused-ring (bicyclic) bond motifs is 1. The maximum atomic E-state index is 13.0. The van der Waals surface area contributed by atoms with Gasteiger partial charge in [0.05, 0.1) is 23.5 Å². The van der Waals surface area contributed by atoms with Crippen molar-refractivity contribution in [3.8, 4) is 5.75 Å². The number of allylic oxidation sites excluding steroid dienone is 1. The molecule has 0 saturated carbocycles. The zero-order valence-corrected chi connectivity index (χ0v) is 17.0. The summed E-state index contributed by atoms with van der Waals surface area (Å²) in [5.74, 6) is 0.264. The van der Waals surface area contributed by atoms with Crippen LogP contribution in [0.25, 0.3) is 0 Å². The lowest BCUT2D eigenvalue weighted by Crippen LogP contribution is -2.46. The number of hydrogen-bond donors (Lipinski definition) is 2. The van der Waals surface area contributed by atoms with Crippen molar-refractivity contribution in [2.45, 2.75) is 26.1 Å². The maximum Gasteiger partial charge on any atom is 0.387 e. The minimum Gasteiger partial charge on any atom is -0.433 e. The molecule has 2 heterocycles. The third-order valence-electron chi connectivity index (χ3n) is 4.53. The van der Waals surface area contributed by atoms with E-state index in [2.05, 4.69) is 9.73 Å². The normalized spacial score (nSPS) is 16.8.